The van der Waals surface area contributed by atoms with Crippen LogP contribution in [0.3, 0.4) is 0 Å². The van der Waals surface area contributed by atoms with Gasteiger partial charge in [-0.15, -0.1) is 0 Å². The number of hydrogen-bond acceptors (Lipinski definition) is 19. The van der Waals surface area contributed by atoms with Crippen molar-refractivity contribution in [2.75, 3.05) is 32.8 Å². The van der Waals surface area contributed by atoms with Crippen LogP contribution in [-0.4, -0.2) is 179 Å². The van der Waals surface area contributed by atoms with E-state index >= 15 is 0 Å². The second-order valence-electron chi connectivity index (χ2n) is 11.8. The summed E-state index contributed by atoms with van der Waals surface area (Å²) < 4.78 is 35.4. The molecule has 262 valence electrons. The van der Waals surface area contributed by atoms with Crippen molar-refractivity contribution in [2.24, 2.45) is 28.7 Å². The first-order valence-electron chi connectivity index (χ1n) is 15.1. The third-order valence-corrected chi connectivity index (χ3v) is 8.58. The molecule has 2 saturated heterocycles. The summed E-state index contributed by atoms with van der Waals surface area (Å²) in [5.74, 6) is 0. The first-order valence-corrected chi connectivity index (χ1v) is 15.1. The Bertz CT molecular complexity index is 944. The summed E-state index contributed by atoms with van der Waals surface area (Å²) in [5, 5.41) is 75.3. The van der Waals surface area contributed by atoms with E-state index in [-0.39, 0.29) is 26.1 Å². The van der Waals surface area contributed by atoms with Gasteiger partial charge in [-0.3, -0.25) is 0 Å². The van der Waals surface area contributed by atoms with E-state index in [9.17, 15) is 35.7 Å². The normalized spacial score (nSPS) is 48.0. The minimum atomic E-state index is -1.59. The maximum Gasteiger partial charge on any atom is 0.187 e. The topological polar surface area (TPSA) is 339 Å². The van der Waals surface area contributed by atoms with Gasteiger partial charge >= 0.3 is 0 Å². The third-order valence-electron chi connectivity index (χ3n) is 8.58. The minimum Gasteiger partial charge on any atom is -0.394 e. The lowest BCUT2D eigenvalue weighted by atomic mass is 9.83. The fraction of sp³-hybridized carbons (Fsp3) is 0.923. The molecule has 3 aliphatic heterocycles. The number of ether oxygens (including phenoxy) is 6. The van der Waals surface area contributed by atoms with E-state index in [1.54, 1.807) is 12.2 Å². The molecule has 3 heterocycles. The zero-order valence-electron chi connectivity index (χ0n) is 24.8. The number of nitrogens with one attached hydrogen (secondary N) is 1. The Morgan fingerprint density at radius 2 is 1.42 bits per heavy atom. The van der Waals surface area contributed by atoms with Crippen molar-refractivity contribution in [2.45, 2.75) is 117 Å². The van der Waals surface area contributed by atoms with Crippen LogP contribution in [0.25, 0.3) is 0 Å². The predicted molar refractivity (Wildman–Crippen MR) is 152 cm³/mol. The molecule has 19 nitrogen and oxygen atoms in total. The number of aliphatic hydroxyl groups excluding tert-OH is 7. The molecule has 19 heteroatoms. The number of aliphatic hydroxyl groups is 7. The molecule has 3 fully saturated rings. The standard InChI is InChI=1S/C26H50N6O13/c27-4-10-1-2-11(29)24(40-10)43-21-12(30)3-13(32-6-9(35)7-33)17(36)23(21)45-26-20(39)22(15(8-34)42-26)44-25-16(31)19(38)18(37)14(5-28)41-25/h1-2,9-26,32-39H,3-8,27-31H2/t9?,10-,11+,12-,13+,14-,15+,16+,17-,18+,19+,20+,21+,22+,23+,24+,25+,26-/m0/s1. The molecule has 0 aromatic heterocycles. The van der Waals surface area contributed by atoms with Crippen LogP contribution in [0.1, 0.15) is 6.42 Å². The van der Waals surface area contributed by atoms with E-state index in [0.717, 1.165) is 0 Å². The summed E-state index contributed by atoms with van der Waals surface area (Å²) in [6, 6.07) is -3.49. The highest BCUT2D eigenvalue weighted by Gasteiger charge is 2.53. The molecule has 0 spiro atoms. The van der Waals surface area contributed by atoms with Crippen molar-refractivity contribution in [1.29, 1.82) is 0 Å². The first-order chi connectivity index (χ1) is 21.4. The van der Waals surface area contributed by atoms with Crippen molar-refractivity contribution in [3.05, 3.63) is 12.2 Å². The van der Waals surface area contributed by atoms with Crippen LogP contribution in [-0.2, 0) is 28.4 Å². The summed E-state index contributed by atoms with van der Waals surface area (Å²) in [7, 11) is 0. The van der Waals surface area contributed by atoms with Crippen molar-refractivity contribution in [3.63, 3.8) is 0 Å². The molecular weight excluding hydrogens is 604 g/mol. The van der Waals surface area contributed by atoms with Gasteiger partial charge in [0.2, 0.25) is 0 Å². The SMILES string of the molecule is NC[C@@H]1O[C@H](O[C@H]2[C@@H](O)[C@H](O[C@@H]3[C@@H](O)[C@H](NCC(O)CO)C[C@H](N)[C@H]3O[C@H]3O[C@H](CN)C=C[C@H]3N)O[C@@H]2CO)[C@H](N)[C@@H](O)[C@@H]1O. The van der Waals surface area contributed by atoms with Gasteiger partial charge in [0.1, 0.15) is 48.8 Å². The Kier molecular flexibility index (Phi) is 13.4. The van der Waals surface area contributed by atoms with Gasteiger partial charge in [-0.1, -0.05) is 12.2 Å². The highest BCUT2D eigenvalue weighted by atomic mass is 16.8. The summed E-state index contributed by atoms with van der Waals surface area (Å²) in [5.41, 5.74) is 30.1. The van der Waals surface area contributed by atoms with Crippen LogP contribution in [0.5, 0.6) is 0 Å². The molecule has 0 bridgehead atoms. The van der Waals surface area contributed by atoms with Crippen LogP contribution < -0.4 is 34.0 Å². The molecule has 1 saturated carbocycles. The minimum absolute atomic E-state index is 0.0696. The van der Waals surface area contributed by atoms with E-state index in [1.165, 1.54) is 0 Å². The number of rotatable bonds is 13. The van der Waals surface area contributed by atoms with E-state index < -0.39 is 123 Å². The van der Waals surface area contributed by atoms with Crippen LogP contribution in [0.15, 0.2) is 12.2 Å². The van der Waals surface area contributed by atoms with Gasteiger partial charge in [-0.2, -0.15) is 0 Å². The summed E-state index contributed by atoms with van der Waals surface area (Å²) in [6.07, 6.45) is -13.6. The quantitative estimate of drug-likeness (QED) is 0.0820. The molecule has 4 aliphatic rings. The Hall–Kier alpha value is -1.02. The lowest BCUT2D eigenvalue weighted by molar-refractivity contribution is -0.284. The fourth-order valence-corrected chi connectivity index (χ4v) is 5.90. The second kappa shape index (κ2) is 16.4. The predicted octanol–water partition coefficient (Wildman–Crippen LogP) is -8.08. The third kappa shape index (κ3) is 8.35. The molecule has 0 aromatic rings. The van der Waals surface area contributed by atoms with E-state index in [2.05, 4.69) is 5.32 Å². The smallest absolute Gasteiger partial charge is 0.187 e. The first kappa shape index (κ1) is 36.8. The molecule has 1 aliphatic carbocycles. The maximum atomic E-state index is 11.4. The highest BCUT2D eigenvalue weighted by Crippen LogP contribution is 2.34. The van der Waals surface area contributed by atoms with E-state index in [1.807, 2.05) is 0 Å². The largest absolute Gasteiger partial charge is 0.394 e. The Morgan fingerprint density at radius 3 is 2.07 bits per heavy atom. The van der Waals surface area contributed by atoms with Gasteiger partial charge in [0.15, 0.2) is 18.9 Å². The summed E-state index contributed by atoms with van der Waals surface area (Å²) in [4.78, 5) is 0. The molecule has 18 atom stereocenters. The zero-order valence-corrected chi connectivity index (χ0v) is 24.8. The van der Waals surface area contributed by atoms with Crippen molar-refractivity contribution in [3.8, 4) is 0 Å². The van der Waals surface area contributed by atoms with Gasteiger partial charge < -0.3 is 98.2 Å². The van der Waals surface area contributed by atoms with Crippen LogP contribution in [0.4, 0.5) is 0 Å². The molecular formula is C26H50N6O13. The molecule has 45 heavy (non-hydrogen) atoms. The van der Waals surface area contributed by atoms with Crippen LogP contribution in [0, 0.1) is 0 Å². The van der Waals surface area contributed by atoms with Crippen molar-refractivity contribution in [1.82, 2.24) is 5.32 Å². The van der Waals surface area contributed by atoms with Crippen molar-refractivity contribution >= 4 is 0 Å². The van der Waals surface area contributed by atoms with Gasteiger partial charge in [-0.05, 0) is 6.42 Å². The number of nitrogens with two attached hydrogens (primary N) is 5. The molecule has 0 radical (unpaired) electrons. The van der Waals surface area contributed by atoms with Crippen LogP contribution >= 0.6 is 0 Å². The molecule has 0 aromatic carbocycles. The Balaban J connectivity index is 1.53. The average Bonchev–Trinajstić information content (AvgIpc) is 3.33. The lowest BCUT2D eigenvalue weighted by Crippen LogP contribution is -2.66. The summed E-state index contributed by atoms with van der Waals surface area (Å²) in [6.45, 7) is -1.22. The fourth-order valence-electron chi connectivity index (χ4n) is 5.90. The second-order valence-corrected chi connectivity index (χ2v) is 11.8. The Labute approximate surface area is 260 Å². The van der Waals surface area contributed by atoms with Crippen molar-refractivity contribution < 1.29 is 64.2 Å². The van der Waals surface area contributed by atoms with Gasteiger partial charge in [0, 0.05) is 31.7 Å². The van der Waals surface area contributed by atoms with Gasteiger partial charge in [-0.25, -0.2) is 0 Å². The molecule has 1 unspecified atom stereocenters. The van der Waals surface area contributed by atoms with E-state index in [4.69, 9.17) is 57.1 Å². The molecule has 0 amide bonds. The van der Waals surface area contributed by atoms with Gasteiger partial charge in [0.05, 0.1) is 43.6 Å². The van der Waals surface area contributed by atoms with E-state index in [0.29, 0.717) is 0 Å². The molecule has 4 rings (SSSR count). The van der Waals surface area contributed by atoms with Gasteiger partial charge in [0.25, 0.3) is 0 Å². The number of hydrogen-bond donors (Lipinski definition) is 13. The monoisotopic (exact) mass is 654 g/mol. The summed E-state index contributed by atoms with van der Waals surface area (Å²) >= 11 is 0. The Morgan fingerprint density at radius 1 is 0.756 bits per heavy atom. The lowest BCUT2D eigenvalue weighted by Gasteiger charge is -2.46. The highest BCUT2D eigenvalue weighted by molar-refractivity contribution is 5.06. The average molecular weight is 655 g/mol. The zero-order chi connectivity index (χ0) is 33.0. The maximum absolute atomic E-state index is 11.4. The molecule has 18 N–H and O–H groups in total. The van der Waals surface area contributed by atoms with Crippen LogP contribution in [0.2, 0.25) is 0 Å².